The zero-order valence-electron chi connectivity index (χ0n) is 17.1. The molecule has 1 aliphatic heterocycles. The van der Waals surface area contributed by atoms with Crippen molar-refractivity contribution in [2.75, 3.05) is 11.4 Å². The third-order valence-corrected chi connectivity index (χ3v) is 4.97. The highest BCUT2D eigenvalue weighted by molar-refractivity contribution is 6.02. The Morgan fingerprint density at radius 3 is 2.34 bits per heavy atom. The molecule has 1 heterocycles. The SMILES string of the molecule is CC(=O)N1CCc2cc(C(=O)C(C)OC(=O)C(C)Oc3ccc(C)cc3)ccc21. The third-order valence-electron chi connectivity index (χ3n) is 4.97. The molecule has 0 saturated heterocycles. The molecule has 2 unspecified atom stereocenters. The van der Waals surface area contributed by atoms with E-state index in [2.05, 4.69) is 0 Å². The number of ether oxygens (including phenoxy) is 2. The first-order valence-corrected chi connectivity index (χ1v) is 9.65. The Morgan fingerprint density at radius 1 is 1.00 bits per heavy atom. The van der Waals surface area contributed by atoms with Gasteiger partial charge in [0.1, 0.15) is 5.75 Å². The number of aryl methyl sites for hydroxylation is 1. The summed E-state index contributed by atoms with van der Waals surface area (Å²) in [6.45, 7) is 7.24. The predicted molar refractivity (Wildman–Crippen MR) is 109 cm³/mol. The molecule has 6 heteroatoms. The summed E-state index contributed by atoms with van der Waals surface area (Å²) in [5.74, 6) is -0.347. The second-order valence-electron chi connectivity index (χ2n) is 7.28. The first-order chi connectivity index (χ1) is 13.8. The third kappa shape index (κ3) is 4.65. The van der Waals surface area contributed by atoms with E-state index < -0.39 is 18.2 Å². The molecule has 0 radical (unpaired) electrons. The number of hydrogen-bond acceptors (Lipinski definition) is 5. The fourth-order valence-corrected chi connectivity index (χ4v) is 3.31. The molecule has 0 N–H and O–H groups in total. The molecule has 152 valence electrons. The van der Waals surface area contributed by atoms with Crippen LogP contribution in [0.3, 0.4) is 0 Å². The zero-order chi connectivity index (χ0) is 21.1. The van der Waals surface area contributed by atoms with Crippen LogP contribution in [0.5, 0.6) is 5.75 Å². The maximum absolute atomic E-state index is 12.7. The molecule has 0 fully saturated rings. The molecule has 2 aromatic carbocycles. The molecule has 1 amide bonds. The number of rotatable bonds is 6. The number of nitrogens with zero attached hydrogens (tertiary/aromatic N) is 1. The van der Waals surface area contributed by atoms with Crippen molar-refractivity contribution in [3.63, 3.8) is 0 Å². The molecular formula is C23H25NO5. The highest BCUT2D eigenvalue weighted by Crippen LogP contribution is 2.29. The second-order valence-corrected chi connectivity index (χ2v) is 7.28. The molecule has 2 atom stereocenters. The van der Waals surface area contributed by atoms with Crippen LogP contribution in [0.4, 0.5) is 5.69 Å². The van der Waals surface area contributed by atoms with Crippen molar-refractivity contribution < 1.29 is 23.9 Å². The molecule has 3 rings (SSSR count). The van der Waals surface area contributed by atoms with E-state index in [4.69, 9.17) is 9.47 Å². The maximum atomic E-state index is 12.7. The van der Waals surface area contributed by atoms with Gasteiger partial charge in [0, 0.05) is 24.7 Å². The van der Waals surface area contributed by atoms with Crippen LogP contribution in [-0.2, 0) is 20.7 Å². The lowest BCUT2D eigenvalue weighted by atomic mass is 10.0. The van der Waals surface area contributed by atoms with Gasteiger partial charge in [0.15, 0.2) is 12.2 Å². The van der Waals surface area contributed by atoms with E-state index in [1.807, 2.05) is 19.1 Å². The summed E-state index contributed by atoms with van der Waals surface area (Å²) >= 11 is 0. The van der Waals surface area contributed by atoms with Gasteiger partial charge in [-0.25, -0.2) is 4.79 Å². The van der Waals surface area contributed by atoms with Gasteiger partial charge >= 0.3 is 5.97 Å². The van der Waals surface area contributed by atoms with Crippen molar-refractivity contribution in [3.05, 3.63) is 59.2 Å². The van der Waals surface area contributed by atoms with Crippen LogP contribution in [-0.4, -0.2) is 36.4 Å². The minimum Gasteiger partial charge on any atom is -0.479 e. The minimum atomic E-state index is -0.935. The van der Waals surface area contributed by atoms with Crippen molar-refractivity contribution in [2.24, 2.45) is 0 Å². The molecule has 0 aliphatic carbocycles. The van der Waals surface area contributed by atoms with Gasteiger partial charge in [0.05, 0.1) is 0 Å². The zero-order valence-corrected chi connectivity index (χ0v) is 17.1. The number of anilines is 1. The Labute approximate surface area is 170 Å². The molecule has 0 bridgehead atoms. The van der Waals surface area contributed by atoms with Gasteiger partial charge in [0.2, 0.25) is 11.7 Å². The first kappa shape index (κ1) is 20.6. The molecule has 2 aromatic rings. The van der Waals surface area contributed by atoms with Gasteiger partial charge < -0.3 is 14.4 Å². The number of carbonyl (C=O) groups is 3. The molecule has 29 heavy (non-hydrogen) atoms. The van der Waals surface area contributed by atoms with Crippen LogP contribution in [0, 0.1) is 6.92 Å². The predicted octanol–water partition coefficient (Wildman–Crippen LogP) is 3.49. The number of ketones is 1. The van der Waals surface area contributed by atoms with Crippen LogP contribution in [0.15, 0.2) is 42.5 Å². The highest BCUT2D eigenvalue weighted by atomic mass is 16.6. The van der Waals surface area contributed by atoms with Crippen molar-refractivity contribution >= 4 is 23.3 Å². The van der Waals surface area contributed by atoms with E-state index in [0.717, 1.165) is 16.8 Å². The van der Waals surface area contributed by atoms with Gasteiger partial charge in [-0.2, -0.15) is 0 Å². The van der Waals surface area contributed by atoms with Gasteiger partial charge in [-0.1, -0.05) is 17.7 Å². The summed E-state index contributed by atoms with van der Waals surface area (Å²) in [6, 6.07) is 12.6. The fourth-order valence-electron chi connectivity index (χ4n) is 3.31. The van der Waals surface area contributed by atoms with Crippen molar-refractivity contribution in [1.82, 2.24) is 0 Å². The van der Waals surface area contributed by atoms with E-state index in [9.17, 15) is 14.4 Å². The fraction of sp³-hybridized carbons (Fsp3) is 0.348. The molecule has 6 nitrogen and oxygen atoms in total. The van der Waals surface area contributed by atoms with E-state index in [1.165, 1.54) is 6.92 Å². The number of esters is 1. The van der Waals surface area contributed by atoms with Crippen LogP contribution >= 0.6 is 0 Å². The number of fused-ring (bicyclic) bond motifs is 1. The number of carbonyl (C=O) groups excluding carboxylic acids is 3. The van der Waals surface area contributed by atoms with E-state index in [-0.39, 0.29) is 11.7 Å². The summed E-state index contributed by atoms with van der Waals surface area (Å²) in [5, 5.41) is 0. The minimum absolute atomic E-state index is 0.0207. The standard InChI is InChI=1S/C23H25NO5/c1-14-5-8-20(9-6-14)28-16(3)23(27)29-15(2)22(26)19-7-10-21-18(13-19)11-12-24(21)17(4)25/h5-10,13,15-16H,11-12H2,1-4H3. The number of amides is 1. The largest absolute Gasteiger partial charge is 0.479 e. The lowest BCUT2D eigenvalue weighted by molar-refractivity contribution is -0.153. The Balaban J connectivity index is 1.62. The summed E-state index contributed by atoms with van der Waals surface area (Å²) in [4.78, 5) is 38.4. The normalized spacial score (nSPS) is 14.7. The Hall–Kier alpha value is -3.15. The van der Waals surface area contributed by atoms with E-state index in [0.29, 0.717) is 24.3 Å². The van der Waals surface area contributed by atoms with Crippen LogP contribution in [0.25, 0.3) is 0 Å². The van der Waals surface area contributed by atoms with Crippen molar-refractivity contribution in [3.8, 4) is 5.75 Å². The van der Waals surface area contributed by atoms with Gasteiger partial charge in [-0.05, 0) is 63.1 Å². The van der Waals surface area contributed by atoms with Crippen LogP contribution in [0.2, 0.25) is 0 Å². The van der Waals surface area contributed by atoms with Gasteiger partial charge in [-0.15, -0.1) is 0 Å². The first-order valence-electron chi connectivity index (χ1n) is 9.65. The van der Waals surface area contributed by atoms with Crippen LogP contribution in [0.1, 0.15) is 42.3 Å². The van der Waals surface area contributed by atoms with Gasteiger partial charge in [0.25, 0.3) is 0 Å². The van der Waals surface area contributed by atoms with Crippen molar-refractivity contribution in [1.29, 1.82) is 0 Å². The Morgan fingerprint density at radius 2 is 1.69 bits per heavy atom. The quantitative estimate of drug-likeness (QED) is 0.553. The van der Waals surface area contributed by atoms with Crippen molar-refractivity contribution in [2.45, 2.75) is 46.3 Å². The average Bonchev–Trinajstić information content (AvgIpc) is 3.12. The average molecular weight is 395 g/mol. The summed E-state index contributed by atoms with van der Waals surface area (Å²) < 4.78 is 10.9. The van der Waals surface area contributed by atoms with Gasteiger partial charge in [-0.3, -0.25) is 9.59 Å². The highest BCUT2D eigenvalue weighted by Gasteiger charge is 2.27. The molecule has 0 spiro atoms. The number of Topliss-reactive ketones (excluding diaryl/α,β-unsaturated/α-hetero) is 1. The molecular weight excluding hydrogens is 370 g/mol. The topological polar surface area (TPSA) is 72.9 Å². The number of hydrogen-bond donors (Lipinski definition) is 0. The molecule has 0 aromatic heterocycles. The van der Waals surface area contributed by atoms with E-state index in [1.54, 1.807) is 49.1 Å². The Kier molecular flexibility index (Phi) is 6.01. The number of benzene rings is 2. The van der Waals surface area contributed by atoms with Crippen LogP contribution < -0.4 is 9.64 Å². The van der Waals surface area contributed by atoms with E-state index >= 15 is 0 Å². The second kappa shape index (κ2) is 8.47. The summed E-state index contributed by atoms with van der Waals surface area (Å²) in [5.41, 5.74) is 3.33. The molecule has 0 saturated carbocycles. The lowest BCUT2D eigenvalue weighted by Gasteiger charge is -2.18. The monoisotopic (exact) mass is 395 g/mol. The lowest BCUT2D eigenvalue weighted by Crippen LogP contribution is -2.32. The summed E-state index contributed by atoms with van der Waals surface area (Å²) in [6.07, 6.45) is -1.07. The Bertz CT molecular complexity index is 935. The summed E-state index contributed by atoms with van der Waals surface area (Å²) in [7, 11) is 0. The smallest absolute Gasteiger partial charge is 0.347 e. The maximum Gasteiger partial charge on any atom is 0.347 e. The molecule has 1 aliphatic rings.